The molecule has 2 heterocycles. The highest BCUT2D eigenvalue weighted by molar-refractivity contribution is 6.10. The lowest BCUT2D eigenvalue weighted by atomic mass is 9.83. The molecule has 1 spiro atoms. The monoisotopic (exact) mass is 508 g/mol. The first-order valence-electron chi connectivity index (χ1n) is 11.1. The van der Waals surface area contributed by atoms with E-state index in [1.165, 1.54) is 70.3 Å². The number of hydrogen-bond donors (Lipinski definition) is 1. The summed E-state index contributed by atoms with van der Waals surface area (Å²) in [5.41, 5.74) is -0.694. The van der Waals surface area contributed by atoms with E-state index in [1.54, 1.807) is 0 Å². The van der Waals surface area contributed by atoms with Crippen LogP contribution in [0.15, 0.2) is 48.5 Å². The van der Waals surface area contributed by atoms with Crippen LogP contribution in [0.3, 0.4) is 0 Å². The third-order valence-corrected chi connectivity index (χ3v) is 6.34. The van der Waals surface area contributed by atoms with Gasteiger partial charge in [0.2, 0.25) is 5.91 Å². The van der Waals surface area contributed by atoms with Gasteiger partial charge >= 0.3 is 12.6 Å². The minimum absolute atomic E-state index is 0.0171. The molecule has 0 aliphatic carbocycles. The van der Waals surface area contributed by atoms with E-state index in [4.69, 9.17) is 0 Å². The number of piperazine rings is 1. The average molecular weight is 508 g/mol. The molecule has 2 aromatic rings. The Morgan fingerprint density at radius 2 is 1.69 bits per heavy atom. The van der Waals surface area contributed by atoms with Crippen molar-refractivity contribution < 1.29 is 36.7 Å². The number of benzene rings is 2. The van der Waals surface area contributed by atoms with Crippen molar-refractivity contribution in [3.05, 3.63) is 59.7 Å². The van der Waals surface area contributed by atoms with Crippen LogP contribution >= 0.6 is 0 Å². The maximum atomic E-state index is 13.7. The Morgan fingerprint density at radius 3 is 2.22 bits per heavy atom. The topological polar surface area (TPSA) is 82.2 Å². The summed E-state index contributed by atoms with van der Waals surface area (Å²) in [5.74, 6) is -3.98. The first kappa shape index (κ1) is 25.3. The Labute approximate surface area is 204 Å². The largest absolute Gasteiger partial charge is 0.435 e. The van der Waals surface area contributed by atoms with Crippen LogP contribution in [-0.2, 0) is 22.1 Å². The summed E-state index contributed by atoms with van der Waals surface area (Å²) in [7, 11) is 1.44. The molecule has 192 valence electrons. The number of nitrogens with one attached hydrogen (secondary N) is 1. The number of nitrogens with zero attached hydrogens (tertiary/aromatic N) is 3. The van der Waals surface area contributed by atoms with Crippen LogP contribution in [0.25, 0.3) is 0 Å². The fourth-order valence-corrected chi connectivity index (χ4v) is 4.43. The van der Waals surface area contributed by atoms with Gasteiger partial charge < -0.3 is 24.8 Å². The van der Waals surface area contributed by atoms with Crippen molar-refractivity contribution in [2.75, 3.05) is 31.6 Å². The predicted octanol–water partition coefficient (Wildman–Crippen LogP) is 3.17. The number of anilines is 1. The Morgan fingerprint density at radius 1 is 1.08 bits per heavy atom. The summed E-state index contributed by atoms with van der Waals surface area (Å²) in [6, 6.07) is 10.4. The quantitative estimate of drug-likeness (QED) is 0.608. The predicted molar refractivity (Wildman–Crippen MR) is 121 cm³/mol. The zero-order valence-corrected chi connectivity index (χ0v) is 19.5. The Balaban J connectivity index is 1.61. The molecule has 0 bridgehead atoms. The Bertz CT molecular complexity index is 1150. The number of alkyl halides is 4. The molecule has 1 N–H and O–H groups in total. The van der Waals surface area contributed by atoms with Crippen molar-refractivity contribution in [2.24, 2.45) is 0 Å². The van der Waals surface area contributed by atoms with E-state index >= 15 is 0 Å². The molecule has 8 nitrogen and oxygen atoms in total. The van der Waals surface area contributed by atoms with E-state index in [2.05, 4.69) is 10.1 Å². The van der Waals surface area contributed by atoms with Gasteiger partial charge in [-0.25, -0.2) is 13.6 Å². The number of amides is 4. The number of carbonyl (C=O) groups excluding carboxylic acids is 3. The molecule has 2 aliphatic rings. The molecule has 4 rings (SSSR count). The first-order chi connectivity index (χ1) is 16.9. The summed E-state index contributed by atoms with van der Waals surface area (Å²) in [6.45, 7) is -2.69. The highest BCUT2D eigenvalue weighted by atomic mass is 19.3. The lowest BCUT2D eigenvalue weighted by molar-refractivity contribution is -0.161. The van der Waals surface area contributed by atoms with Gasteiger partial charge in [0.25, 0.3) is 11.8 Å². The van der Waals surface area contributed by atoms with E-state index in [0.29, 0.717) is 11.3 Å². The van der Waals surface area contributed by atoms with Crippen molar-refractivity contribution in [1.29, 1.82) is 0 Å². The van der Waals surface area contributed by atoms with Gasteiger partial charge in [-0.15, -0.1) is 0 Å². The van der Waals surface area contributed by atoms with Crippen molar-refractivity contribution >= 4 is 23.5 Å². The second-order valence-corrected chi connectivity index (χ2v) is 8.77. The average Bonchev–Trinajstić information content (AvgIpc) is 2.80. The van der Waals surface area contributed by atoms with Gasteiger partial charge in [-0.05, 0) is 29.8 Å². The number of ether oxygens (including phenoxy) is 1. The summed E-state index contributed by atoms with van der Waals surface area (Å²) in [6.07, 6.45) is 0. The van der Waals surface area contributed by atoms with Crippen molar-refractivity contribution in [3.8, 4) is 5.75 Å². The normalized spacial score (nSPS) is 17.5. The number of carbonyl (C=O) groups is 3. The van der Waals surface area contributed by atoms with Gasteiger partial charge in [-0.2, -0.15) is 8.78 Å². The van der Waals surface area contributed by atoms with E-state index < -0.39 is 35.9 Å². The third kappa shape index (κ3) is 4.67. The van der Waals surface area contributed by atoms with Crippen LogP contribution in [-0.4, -0.2) is 66.5 Å². The lowest BCUT2D eigenvalue weighted by Crippen LogP contribution is -2.81. The van der Waals surface area contributed by atoms with E-state index in [0.717, 1.165) is 6.92 Å². The standard InChI is InChI=1S/C24H24F4N4O4/c1-23(27,28)16-5-3-15(4-6-16)11-32-19(33)12-31(17-7-9-18(10-8-17)36-21(25)26)20(34)24(32)13-30(14-24)22(35)29-2/h3-10,21H,11-14H2,1-2H3,(H,29,35). The molecule has 4 amide bonds. The molecule has 2 aromatic carbocycles. The second kappa shape index (κ2) is 9.32. The van der Waals surface area contributed by atoms with Crippen LogP contribution in [0.5, 0.6) is 5.75 Å². The molecule has 2 fully saturated rings. The molecule has 0 unspecified atom stereocenters. The minimum Gasteiger partial charge on any atom is -0.435 e. The molecule has 0 radical (unpaired) electrons. The van der Waals surface area contributed by atoms with Gasteiger partial charge in [-0.3, -0.25) is 9.59 Å². The molecule has 0 aromatic heterocycles. The van der Waals surface area contributed by atoms with Gasteiger partial charge in [0.1, 0.15) is 12.3 Å². The highest BCUT2D eigenvalue weighted by Crippen LogP contribution is 2.37. The van der Waals surface area contributed by atoms with Crippen LogP contribution < -0.4 is 15.0 Å². The smallest absolute Gasteiger partial charge is 0.387 e. The minimum atomic E-state index is -3.02. The summed E-state index contributed by atoms with van der Waals surface area (Å²) >= 11 is 0. The molecule has 2 aliphatic heterocycles. The maximum absolute atomic E-state index is 13.7. The van der Waals surface area contributed by atoms with Crippen LogP contribution in [0.1, 0.15) is 18.1 Å². The van der Waals surface area contributed by atoms with Gasteiger partial charge in [0, 0.05) is 31.8 Å². The highest BCUT2D eigenvalue weighted by Gasteiger charge is 2.60. The number of likely N-dealkylation sites (tertiary alicyclic amines) is 1. The lowest BCUT2D eigenvalue weighted by Gasteiger charge is -2.57. The van der Waals surface area contributed by atoms with E-state index in [-0.39, 0.29) is 37.5 Å². The van der Waals surface area contributed by atoms with Gasteiger partial charge in [0.15, 0.2) is 5.54 Å². The SMILES string of the molecule is CNC(=O)N1CC2(C1)C(=O)N(c1ccc(OC(F)F)cc1)CC(=O)N2Cc1ccc(C(C)(F)F)cc1. The molecule has 12 heteroatoms. The van der Waals surface area contributed by atoms with Crippen LogP contribution in [0.2, 0.25) is 0 Å². The van der Waals surface area contributed by atoms with Crippen LogP contribution in [0, 0.1) is 0 Å². The molecular formula is C24H24F4N4O4. The molecule has 0 atom stereocenters. The van der Waals surface area contributed by atoms with Crippen molar-refractivity contribution in [2.45, 2.75) is 31.5 Å². The van der Waals surface area contributed by atoms with E-state index in [9.17, 15) is 31.9 Å². The zero-order chi connectivity index (χ0) is 26.3. The fraction of sp³-hybridized carbons (Fsp3) is 0.375. The molecule has 36 heavy (non-hydrogen) atoms. The van der Waals surface area contributed by atoms with Gasteiger partial charge in [-0.1, -0.05) is 24.3 Å². The Hall–Kier alpha value is -3.83. The number of hydrogen-bond acceptors (Lipinski definition) is 4. The second-order valence-electron chi connectivity index (χ2n) is 8.77. The number of rotatable bonds is 6. The molecule has 0 saturated carbocycles. The number of urea groups is 1. The van der Waals surface area contributed by atoms with E-state index in [1.807, 2.05) is 0 Å². The Kier molecular flexibility index (Phi) is 6.54. The van der Waals surface area contributed by atoms with Crippen molar-refractivity contribution in [1.82, 2.24) is 15.1 Å². The fourth-order valence-electron chi connectivity index (χ4n) is 4.43. The maximum Gasteiger partial charge on any atom is 0.387 e. The third-order valence-electron chi connectivity index (χ3n) is 6.34. The first-order valence-corrected chi connectivity index (χ1v) is 11.1. The number of halogens is 4. The summed E-state index contributed by atoms with van der Waals surface area (Å²) in [4.78, 5) is 43.1. The zero-order valence-electron chi connectivity index (χ0n) is 19.5. The molecular weight excluding hydrogens is 484 g/mol. The summed E-state index contributed by atoms with van der Waals surface area (Å²) in [5, 5.41) is 2.48. The van der Waals surface area contributed by atoms with Crippen molar-refractivity contribution in [3.63, 3.8) is 0 Å². The summed E-state index contributed by atoms with van der Waals surface area (Å²) < 4.78 is 56.4. The molecule has 2 saturated heterocycles. The van der Waals surface area contributed by atoms with Gasteiger partial charge in [0.05, 0.1) is 13.1 Å². The van der Waals surface area contributed by atoms with Crippen LogP contribution in [0.4, 0.5) is 28.0 Å².